The highest BCUT2D eigenvalue weighted by molar-refractivity contribution is 8.21. The number of amides is 2. The van der Waals surface area contributed by atoms with Gasteiger partial charge in [-0.1, -0.05) is 30.3 Å². The Labute approximate surface area is 182 Å². The first-order valence-corrected chi connectivity index (χ1v) is 11.0. The average Bonchev–Trinajstić information content (AvgIpc) is 3.50. The Morgan fingerprint density at radius 1 is 0.967 bits per heavy atom. The molecule has 2 atom stereocenters. The molecule has 1 aliphatic carbocycles. The van der Waals surface area contributed by atoms with Crippen molar-refractivity contribution in [1.29, 1.82) is 0 Å². The Balaban J connectivity index is 1.58. The third-order valence-corrected chi connectivity index (χ3v) is 6.20. The van der Waals surface area contributed by atoms with E-state index in [1.165, 1.54) is 24.3 Å². The maximum atomic E-state index is 13.2. The van der Waals surface area contributed by atoms with E-state index >= 15 is 0 Å². The SMILES string of the molecule is O=C(NC1(C(=O)Nc2ccc(SCl)cc2)CC1c1ccccc1)c1ccc(F)cc1. The summed E-state index contributed by atoms with van der Waals surface area (Å²) in [6.45, 7) is 0. The van der Waals surface area contributed by atoms with Crippen LogP contribution in [0.1, 0.15) is 28.3 Å². The van der Waals surface area contributed by atoms with E-state index in [9.17, 15) is 14.0 Å². The topological polar surface area (TPSA) is 58.2 Å². The second-order valence-corrected chi connectivity index (χ2v) is 8.24. The number of anilines is 1. The van der Waals surface area contributed by atoms with E-state index < -0.39 is 17.3 Å². The molecule has 3 aromatic rings. The molecule has 7 heteroatoms. The monoisotopic (exact) mass is 440 g/mol. The molecule has 3 aromatic carbocycles. The minimum atomic E-state index is -1.08. The molecule has 0 heterocycles. The zero-order chi connectivity index (χ0) is 21.1. The second-order valence-electron chi connectivity index (χ2n) is 7.16. The van der Waals surface area contributed by atoms with Gasteiger partial charge in [0.1, 0.15) is 11.4 Å². The molecule has 152 valence electrons. The Bertz CT molecular complexity index is 1060. The lowest BCUT2D eigenvalue weighted by atomic mass is 10.0. The highest BCUT2D eigenvalue weighted by Gasteiger charge is 2.61. The van der Waals surface area contributed by atoms with E-state index in [2.05, 4.69) is 10.6 Å². The van der Waals surface area contributed by atoms with Crippen molar-refractivity contribution in [3.63, 3.8) is 0 Å². The first-order chi connectivity index (χ1) is 14.5. The number of hydrogen-bond acceptors (Lipinski definition) is 3. The summed E-state index contributed by atoms with van der Waals surface area (Å²) in [5, 5.41) is 5.79. The fourth-order valence-electron chi connectivity index (χ4n) is 3.50. The normalized spacial score (nSPS) is 19.7. The highest BCUT2D eigenvalue weighted by atomic mass is 35.7. The maximum absolute atomic E-state index is 13.2. The molecule has 30 heavy (non-hydrogen) atoms. The molecule has 2 unspecified atom stereocenters. The first kappa shape index (κ1) is 20.4. The van der Waals surface area contributed by atoms with Gasteiger partial charge in [0.2, 0.25) is 0 Å². The number of rotatable bonds is 6. The zero-order valence-electron chi connectivity index (χ0n) is 15.8. The van der Waals surface area contributed by atoms with Crippen molar-refractivity contribution in [2.24, 2.45) is 0 Å². The Kier molecular flexibility index (Phi) is 5.79. The van der Waals surface area contributed by atoms with Crippen LogP contribution < -0.4 is 10.6 Å². The average molecular weight is 441 g/mol. The van der Waals surface area contributed by atoms with Crippen LogP contribution >= 0.6 is 21.7 Å². The van der Waals surface area contributed by atoms with Crippen molar-refractivity contribution in [3.05, 3.63) is 95.8 Å². The number of nitrogens with one attached hydrogen (secondary N) is 2. The fraction of sp³-hybridized carbons (Fsp3) is 0.130. The molecule has 0 aromatic heterocycles. The Hall–Kier alpha value is -2.83. The van der Waals surface area contributed by atoms with Gasteiger partial charge in [0.15, 0.2) is 0 Å². The first-order valence-electron chi connectivity index (χ1n) is 9.35. The van der Waals surface area contributed by atoms with Crippen LogP contribution in [0.25, 0.3) is 0 Å². The lowest BCUT2D eigenvalue weighted by molar-refractivity contribution is -0.119. The molecule has 4 nitrogen and oxygen atoms in total. The summed E-state index contributed by atoms with van der Waals surface area (Å²) in [5.41, 5.74) is 0.808. The van der Waals surface area contributed by atoms with E-state index in [1.807, 2.05) is 30.3 Å². The van der Waals surface area contributed by atoms with E-state index in [-0.39, 0.29) is 11.8 Å². The number of carbonyl (C=O) groups is 2. The molecule has 0 saturated heterocycles. The van der Waals surface area contributed by atoms with E-state index in [4.69, 9.17) is 10.7 Å². The summed E-state index contributed by atoms with van der Waals surface area (Å²) in [6, 6.07) is 22.0. The van der Waals surface area contributed by atoms with Crippen molar-refractivity contribution in [1.82, 2.24) is 5.32 Å². The molecule has 0 spiro atoms. The summed E-state index contributed by atoms with van der Waals surface area (Å²) >= 11 is 0. The van der Waals surface area contributed by atoms with Gasteiger partial charge in [0, 0.05) is 22.1 Å². The third kappa shape index (κ3) is 4.20. The smallest absolute Gasteiger partial charge is 0.252 e. The summed E-state index contributed by atoms with van der Waals surface area (Å²) in [5.74, 6) is -1.29. The van der Waals surface area contributed by atoms with E-state index in [0.717, 1.165) is 21.4 Å². The van der Waals surface area contributed by atoms with Gasteiger partial charge in [-0.3, -0.25) is 9.59 Å². The van der Waals surface area contributed by atoms with E-state index in [0.29, 0.717) is 17.7 Å². The summed E-state index contributed by atoms with van der Waals surface area (Å²) < 4.78 is 13.2. The highest BCUT2D eigenvalue weighted by Crippen LogP contribution is 2.52. The van der Waals surface area contributed by atoms with Gasteiger partial charge in [-0.25, -0.2) is 4.39 Å². The van der Waals surface area contributed by atoms with Gasteiger partial charge in [0.05, 0.1) is 0 Å². The van der Waals surface area contributed by atoms with Gasteiger partial charge >= 0.3 is 0 Å². The molecule has 4 rings (SSSR count). The van der Waals surface area contributed by atoms with Gasteiger partial charge in [-0.05, 0) is 82.2 Å². The summed E-state index contributed by atoms with van der Waals surface area (Å²) in [4.78, 5) is 26.9. The molecule has 1 saturated carbocycles. The fourth-order valence-corrected chi connectivity index (χ4v) is 4.05. The zero-order valence-corrected chi connectivity index (χ0v) is 17.3. The molecule has 0 aliphatic heterocycles. The Morgan fingerprint density at radius 2 is 1.63 bits per heavy atom. The second kappa shape index (κ2) is 8.50. The lowest BCUT2D eigenvalue weighted by Crippen LogP contribution is -2.47. The van der Waals surface area contributed by atoms with Gasteiger partial charge in [0.25, 0.3) is 11.8 Å². The number of hydrogen-bond donors (Lipinski definition) is 2. The van der Waals surface area contributed by atoms with Gasteiger partial charge in [-0.2, -0.15) is 0 Å². The van der Waals surface area contributed by atoms with Crippen LogP contribution in [-0.4, -0.2) is 17.4 Å². The van der Waals surface area contributed by atoms with Crippen molar-refractivity contribution >= 4 is 39.2 Å². The van der Waals surface area contributed by atoms with Crippen LogP contribution in [0.4, 0.5) is 10.1 Å². The molecule has 2 amide bonds. The van der Waals surface area contributed by atoms with Crippen molar-refractivity contribution in [2.45, 2.75) is 22.8 Å². The molecule has 0 radical (unpaired) electrons. The van der Waals surface area contributed by atoms with Gasteiger partial charge in [-0.15, -0.1) is 0 Å². The van der Waals surface area contributed by atoms with Crippen LogP contribution in [0.5, 0.6) is 0 Å². The number of benzene rings is 3. The Morgan fingerprint density at radius 3 is 2.27 bits per heavy atom. The molecule has 1 fully saturated rings. The minimum absolute atomic E-state index is 0.152. The van der Waals surface area contributed by atoms with Crippen LogP contribution in [0.2, 0.25) is 0 Å². The molecular weight excluding hydrogens is 423 g/mol. The van der Waals surface area contributed by atoms with Crippen LogP contribution in [0, 0.1) is 5.82 Å². The van der Waals surface area contributed by atoms with Crippen LogP contribution in [-0.2, 0) is 4.79 Å². The van der Waals surface area contributed by atoms with Crippen molar-refractivity contribution < 1.29 is 14.0 Å². The predicted molar refractivity (Wildman–Crippen MR) is 117 cm³/mol. The number of carbonyl (C=O) groups excluding carboxylic acids is 2. The maximum Gasteiger partial charge on any atom is 0.252 e. The standard InChI is InChI=1S/C23H18ClFN2O2S/c24-30-19-12-10-18(11-13-19)26-22(29)23(14-20(23)15-4-2-1-3-5-15)27-21(28)16-6-8-17(25)9-7-16/h1-13,20H,14H2,(H,26,29)(H,27,28). The van der Waals surface area contributed by atoms with Crippen molar-refractivity contribution in [2.75, 3.05) is 5.32 Å². The quantitative estimate of drug-likeness (QED) is 0.542. The number of halogens is 2. The summed E-state index contributed by atoms with van der Waals surface area (Å²) in [7, 11) is 6.83. The largest absolute Gasteiger partial charge is 0.337 e. The van der Waals surface area contributed by atoms with Crippen molar-refractivity contribution in [3.8, 4) is 0 Å². The molecule has 0 bridgehead atoms. The third-order valence-electron chi connectivity index (χ3n) is 5.21. The predicted octanol–water partition coefficient (Wildman–Crippen LogP) is 5.37. The van der Waals surface area contributed by atoms with Crippen LogP contribution in [0.15, 0.2) is 83.8 Å². The van der Waals surface area contributed by atoms with Gasteiger partial charge < -0.3 is 10.6 Å². The molecule has 2 N–H and O–H groups in total. The lowest BCUT2D eigenvalue weighted by Gasteiger charge is -2.20. The molecule has 1 aliphatic rings. The van der Waals surface area contributed by atoms with E-state index in [1.54, 1.807) is 24.3 Å². The summed E-state index contributed by atoms with van der Waals surface area (Å²) in [6.07, 6.45) is 0.478. The molecular formula is C23H18ClFN2O2S. The minimum Gasteiger partial charge on any atom is -0.337 e. The van der Waals surface area contributed by atoms with Crippen LogP contribution in [0.3, 0.4) is 0 Å².